The Labute approximate surface area is 201 Å². The lowest BCUT2D eigenvalue weighted by Crippen LogP contribution is -2.34. The summed E-state index contributed by atoms with van der Waals surface area (Å²) in [4.78, 5) is 31.5. The predicted octanol–water partition coefficient (Wildman–Crippen LogP) is 3.68. The Hall–Kier alpha value is -4.14. The van der Waals surface area contributed by atoms with Gasteiger partial charge in [0, 0.05) is 17.4 Å². The van der Waals surface area contributed by atoms with Crippen LogP contribution in [0.2, 0.25) is 0 Å². The lowest BCUT2D eigenvalue weighted by atomic mass is 9.94. The van der Waals surface area contributed by atoms with E-state index in [4.69, 9.17) is 20.9 Å². The zero-order chi connectivity index (χ0) is 24.7. The van der Waals surface area contributed by atoms with Crippen molar-refractivity contribution in [1.29, 1.82) is 0 Å². The Kier molecular flexibility index (Phi) is 5.76. The van der Waals surface area contributed by atoms with E-state index >= 15 is 4.39 Å². The number of nitrogens with zero attached hydrogens (tertiary/aromatic N) is 2. The van der Waals surface area contributed by atoms with Gasteiger partial charge in [0.2, 0.25) is 0 Å². The van der Waals surface area contributed by atoms with Gasteiger partial charge in [0.25, 0.3) is 5.91 Å². The molecule has 0 unspecified atom stereocenters. The first kappa shape index (κ1) is 22.6. The maximum absolute atomic E-state index is 15.2. The number of pyridine rings is 1. The Morgan fingerprint density at radius 1 is 1.23 bits per heavy atom. The van der Waals surface area contributed by atoms with Gasteiger partial charge in [-0.3, -0.25) is 9.59 Å². The molecule has 1 amide bonds. The SMILES string of the molecule is COC(=O)Cc1c(-c2ccnc(N)c2N)cccc1N1CCOc2cc(C3CC3)cc(F)c2C1=O. The summed E-state index contributed by atoms with van der Waals surface area (Å²) in [6.45, 7) is 0.329. The van der Waals surface area contributed by atoms with E-state index in [0.29, 0.717) is 28.3 Å². The van der Waals surface area contributed by atoms with E-state index in [0.717, 1.165) is 18.4 Å². The molecule has 1 aliphatic heterocycles. The van der Waals surface area contributed by atoms with Crippen LogP contribution in [0.5, 0.6) is 5.75 Å². The zero-order valence-electron chi connectivity index (χ0n) is 19.2. The van der Waals surface area contributed by atoms with Crippen molar-refractivity contribution in [2.45, 2.75) is 25.2 Å². The summed E-state index contributed by atoms with van der Waals surface area (Å²) < 4.78 is 25.9. The average Bonchev–Trinajstić information content (AvgIpc) is 3.69. The van der Waals surface area contributed by atoms with E-state index in [9.17, 15) is 9.59 Å². The van der Waals surface area contributed by atoms with Gasteiger partial charge in [-0.15, -0.1) is 0 Å². The molecule has 1 saturated carbocycles. The molecule has 0 spiro atoms. The first-order valence-electron chi connectivity index (χ1n) is 11.4. The number of fused-ring (bicyclic) bond motifs is 1. The maximum Gasteiger partial charge on any atom is 0.310 e. The van der Waals surface area contributed by atoms with Crippen LogP contribution in [0.25, 0.3) is 11.1 Å². The smallest absolute Gasteiger partial charge is 0.310 e. The van der Waals surface area contributed by atoms with E-state index in [-0.39, 0.29) is 42.4 Å². The number of hydrogen-bond donors (Lipinski definition) is 2. The molecule has 35 heavy (non-hydrogen) atoms. The number of amides is 1. The fraction of sp³-hybridized carbons (Fsp3) is 0.269. The van der Waals surface area contributed by atoms with E-state index in [2.05, 4.69) is 4.98 Å². The van der Waals surface area contributed by atoms with Crippen molar-refractivity contribution in [1.82, 2.24) is 4.98 Å². The third kappa shape index (κ3) is 4.14. The minimum Gasteiger partial charge on any atom is -0.491 e. The van der Waals surface area contributed by atoms with E-state index in [1.807, 2.05) is 0 Å². The van der Waals surface area contributed by atoms with Crippen LogP contribution in [0.15, 0.2) is 42.6 Å². The summed E-state index contributed by atoms with van der Waals surface area (Å²) in [7, 11) is 1.29. The second kappa shape index (κ2) is 8.90. The van der Waals surface area contributed by atoms with Gasteiger partial charge in [-0.1, -0.05) is 12.1 Å². The van der Waals surface area contributed by atoms with E-state index in [1.54, 1.807) is 30.3 Å². The number of ether oxygens (including phenoxy) is 2. The highest BCUT2D eigenvalue weighted by atomic mass is 19.1. The summed E-state index contributed by atoms with van der Waals surface area (Å²) in [5.74, 6) is -0.941. The number of carbonyl (C=O) groups excluding carboxylic acids is 2. The number of rotatable bonds is 5. The summed E-state index contributed by atoms with van der Waals surface area (Å²) >= 11 is 0. The Morgan fingerprint density at radius 3 is 2.77 bits per heavy atom. The van der Waals surface area contributed by atoms with Crippen molar-refractivity contribution in [3.05, 3.63) is 65.1 Å². The fourth-order valence-corrected chi connectivity index (χ4v) is 4.49. The minimum atomic E-state index is -0.613. The zero-order valence-corrected chi connectivity index (χ0v) is 19.2. The maximum atomic E-state index is 15.2. The minimum absolute atomic E-state index is 0.117. The average molecular weight is 477 g/mol. The number of carbonyl (C=O) groups is 2. The fourth-order valence-electron chi connectivity index (χ4n) is 4.49. The van der Waals surface area contributed by atoms with Gasteiger partial charge in [-0.2, -0.15) is 0 Å². The number of nitrogens with two attached hydrogens (primary N) is 2. The monoisotopic (exact) mass is 476 g/mol. The van der Waals surface area contributed by atoms with Gasteiger partial charge in [0.1, 0.15) is 29.6 Å². The predicted molar refractivity (Wildman–Crippen MR) is 130 cm³/mol. The second-order valence-corrected chi connectivity index (χ2v) is 8.67. The summed E-state index contributed by atoms with van der Waals surface area (Å²) in [6.07, 6.45) is 3.39. The molecule has 0 saturated heterocycles. The molecule has 0 atom stereocenters. The number of aromatic nitrogens is 1. The quantitative estimate of drug-likeness (QED) is 0.539. The second-order valence-electron chi connectivity index (χ2n) is 8.67. The lowest BCUT2D eigenvalue weighted by Gasteiger charge is -2.25. The summed E-state index contributed by atoms with van der Waals surface area (Å²) in [5, 5.41) is 0. The van der Waals surface area contributed by atoms with Crippen molar-refractivity contribution in [2.75, 3.05) is 36.6 Å². The largest absolute Gasteiger partial charge is 0.491 e. The molecular weight excluding hydrogens is 451 g/mol. The standard InChI is InChI=1S/C26H25FN4O4/c1-34-22(32)13-18-16(17-7-8-30-25(29)24(17)28)3-2-4-20(18)31-9-10-35-21-12-15(14-5-6-14)11-19(27)23(21)26(31)33/h2-4,7-8,11-12,14H,5-6,9-10,13,28H2,1H3,(H2,29,30). The van der Waals surface area contributed by atoms with Crippen LogP contribution < -0.4 is 21.1 Å². The molecule has 3 aromatic rings. The molecule has 0 radical (unpaired) electrons. The van der Waals surface area contributed by atoms with Gasteiger partial charge in [0.05, 0.1) is 25.8 Å². The van der Waals surface area contributed by atoms with Crippen molar-refractivity contribution in [3.8, 4) is 16.9 Å². The number of hydrogen-bond acceptors (Lipinski definition) is 7. The van der Waals surface area contributed by atoms with Crippen LogP contribution >= 0.6 is 0 Å². The van der Waals surface area contributed by atoms with Crippen LogP contribution in [0, 0.1) is 5.82 Å². The molecule has 4 N–H and O–H groups in total. The molecule has 2 heterocycles. The molecule has 2 aliphatic rings. The van der Waals surface area contributed by atoms with Gasteiger partial charge >= 0.3 is 5.97 Å². The van der Waals surface area contributed by atoms with Crippen LogP contribution in [0.4, 0.5) is 21.6 Å². The number of benzene rings is 2. The number of methoxy groups -OCH3 is 1. The molecule has 8 nitrogen and oxygen atoms in total. The topological polar surface area (TPSA) is 121 Å². The van der Waals surface area contributed by atoms with Crippen molar-refractivity contribution >= 4 is 29.1 Å². The van der Waals surface area contributed by atoms with Crippen molar-refractivity contribution < 1.29 is 23.5 Å². The molecule has 2 aromatic carbocycles. The molecule has 1 aliphatic carbocycles. The summed E-state index contributed by atoms with van der Waals surface area (Å²) in [5.41, 5.74) is 15.2. The van der Waals surface area contributed by atoms with Gasteiger partial charge < -0.3 is 25.8 Å². The normalized spacial score (nSPS) is 15.3. The van der Waals surface area contributed by atoms with Crippen molar-refractivity contribution in [2.24, 2.45) is 0 Å². The number of halogens is 1. The number of esters is 1. The first-order chi connectivity index (χ1) is 16.9. The third-order valence-corrected chi connectivity index (χ3v) is 6.46. The molecular formula is C26H25FN4O4. The highest BCUT2D eigenvalue weighted by Crippen LogP contribution is 2.43. The highest BCUT2D eigenvalue weighted by Gasteiger charge is 2.33. The molecule has 180 valence electrons. The summed E-state index contributed by atoms with van der Waals surface area (Å²) in [6, 6.07) is 10.1. The number of nitrogen functional groups attached to an aromatic ring is 2. The molecule has 9 heteroatoms. The van der Waals surface area contributed by atoms with Crippen LogP contribution in [-0.4, -0.2) is 37.1 Å². The van der Waals surface area contributed by atoms with Gasteiger partial charge in [-0.25, -0.2) is 9.37 Å². The van der Waals surface area contributed by atoms with Crippen LogP contribution in [-0.2, 0) is 16.0 Å². The molecule has 5 rings (SSSR count). The molecule has 1 aromatic heterocycles. The van der Waals surface area contributed by atoms with Crippen LogP contribution in [0.3, 0.4) is 0 Å². The van der Waals surface area contributed by atoms with Gasteiger partial charge in [-0.05, 0) is 59.7 Å². The Morgan fingerprint density at radius 2 is 2.03 bits per heavy atom. The Balaban J connectivity index is 1.64. The van der Waals surface area contributed by atoms with Gasteiger partial charge in [0.15, 0.2) is 0 Å². The molecule has 0 bridgehead atoms. The number of anilines is 3. The van der Waals surface area contributed by atoms with E-state index < -0.39 is 17.7 Å². The highest BCUT2D eigenvalue weighted by molar-refractivity contribution is 6.09. The van der Waals surface area contributed by atoms with Crippen molar-refractivity contribution in [3.63, 3.8) is 0 Å². The Bertz CT molecular complexity index is 1340. The first-order valence-corrected chi connectivity index (χ1v) is 11.4. The molecule has 1 fully saturated rings. The lowest BCUT2D eigenvalue weighted by molar-refractivity contribution is -0.139. The third-order valence-electron chi connectivity index (χ3n) is 6.46. The van der Waals surface area contributed by atoms with E-state index in [1.165, 1.54) is 24.3 Å². The van der Waals surface area contributed by atoms with Crippen LogP contribution in [0.1, 0.15) is 40.2 Å².